The highest BCUT2D eigenvalue weighted by Gasteiger charge is 2.34. The largest absolute Gasteiger partial charge is 0.497 e. The molecule has 0 radical (unpaired) electrons. The van der Waals surface area contributed by atoms with E-state index in [4.69, 9.17) is 14.5 Å². The van der Waals surface area contributed by atoms with E-state index >= 15 is 0 Å². The summed E-state index contributed by atoms with van der Waals surface area (Å²) in [5, 5.41) is 9.08. The molecule has 1 unspecified atom stereocenters. The molecule has 1 aliphatic rings. The van der Waals surface area contributed by atoms with Crippen LogP contribution < -0.4 is 14.4 Å². The minimum Gasteiger partial charge on any atom is -0.497 e. The van der Waals surface area contributed by atoms with Crippen LogP contribution in [0, 0.1) is 12.3 Å². The zero-order valence-electron chi connectivity index (χ0n) is 22.4. The minimum atomic E-state index is 0.264. The summed E-state index contributed by atoms with van der Waals surface area (Å²) in [4.78, 5) is 11.8. The number of hydrogen-bond donors (Lipinski definition) is 0. The van der Waals surface area contributed by atoms with Crippen LogP contribution in [-0.4, -0.2) is 45.2 Å². The Hall–Kier alpha value is -3.68. The predicted molar refractivity (Wildman–Crippen MR) is 145 cm³/mol. The molecule has 0 saturated heterocycles. The summed E-state index contributed by atoms with van der Waals surface area (Å²) in [6, 6.07) is 14.8. The number of ether oxygens (including phenoxy) is 2. The second kappa shape index (κ2) is 10.4. The van der Waals surface area contributed by atoms with Crippen LogP contribution in [0.15, 0.2) is 48.8 Å². The van der Waals surface area contributed by atoms with Crippen molar-refractivity contribution >= 4 is 17.0 Å². The molecule has 2 heterocycles. The van der Waals surface area contributed by atoms with E-state index in [-0.39, 0.29) is 5.41 Å². The van der Waals surface area contributed by atoms with E-state index in [2.05, 4.69) is 71.3 Å². The van der Waals surface area contributed by atoms with E-state index in [1.807, 2.05) is 16.8 Å². The standard InChI is InChI=1S/C29H36N6O2/c1-20-8-10-21(11-9-20)17-35-28-26(32-33-35)27(30-19-31-28)34(23-7-6-14-29(2,3)16-23)18-22-12-13-24(36-4)15-25(22)37-5/h8-13,15,19,23H,6-7,14,16-18H2,1-5H3. The van der Waals surface area contributed by atoms with Crippen molar-refractivity contribution in [2.24, 2.45) is 5.41 Å². The van der Waals surface area contributed by atoms with Gasteiger partial charge < -0.3 is 14.4 Å². The number of nitrogens with zero attached hydrogens (tertiary/aromatic N) is 6. The number of rotatable bonds is 8. The van der Waals surface area contributed by atoms with Gasteiger partial charge in [0, 0.05) is 24.2 Å². The fraction of sp³-hybridized carbons (Fsp3) is 0.448. The molecule has 1 atom stereocenters. The summed E-state index contributed by atoms with van der Waals surface area (Å²) >= 11 is 0. The first-order chi connectivity index (χ1) is 17.9. The maximum atomic E-state index is 5.75. The van der Waals surface area contributed by atoms with Crippen LogP contribution in [0.4, 0.5) is 5.82 Å². The van der Waals surface area contributed by atoms with Crippen LogP contribution >= 0.6 is 0 Å². The molecule has 1 aliphatic carbocycles. The lowest BCUT2D eigenvalue weighted by molar-refractivity contribution is 0.213. The molecule has 0 N–H and O–H groups in total. The van der Waals surface area contributed by atoms with Gasteiger partial charge in [0.1, 0.15) is 17.8 Å². The maximum absolute atomic E-state index is 5.75. The number of methoxy groups -OCH3 is 2. The van der Waals surface area contributed by atoms with Crippen LogP contribution in [0.2, 0.25) is 0 Å². The highest BCUT2D eigenvalue weighted by molar-refractivity contribution is 5.82. The Morgan fingerprint density at radius 1 is 1.05 bits per heavy atom. The highest BCUT2D eigenvalue weighted by Crippen LogP contribution is 2.40. The SMILES string of the molecule is COc1ccc(CN(c2ncnc3c2nnn3Cc2ccc(C)cc2)C2CCCC(C)(C)C2)c(OC)c1. The van der Waals surface area contributed by atoms with E-state index in [9.17, 15) is 0 Å². The fourth-order valence-corrected chi connectivity index (χ4v) is 5.43. The van der Waals surface area contributed by atoms with Gasteiger partial charge in [-0.2, -0.15) is 0 Å². The van der Waals surface area contributed by atoms with Crippen molar-refractivity contribution in [3.63, 3.8) is 0 Å². The third-order valence-corrected chi connectivity index (χ3v) is 7.46. The first-order valence-corrected chi connectivity index (χ1v) is 12.9. The smallest absolute Gasteiger partial charge is 0.184 e. The highest BCUT2D eigenvalue weighted by atomic mass is 16.5. The molecule has 0 amide bonds. The van der Waals surface area contributed by atoms with E-state index in [0.717, 1.165) is 52.4 Å². The van der Waals surface area contributed by atoms with E-state index in [1.165, 1.54) is 18.4 Å². The van der Waals surface area contributed by atoms with Gasteiger partial charge in [-0.05, 0) is 49.3 Å². The predicted octanol–water partition coefficient (Wildman–Crippen LogP) is 5.57. The van der Waals surface area contributed by atoms with E-state index in [0.29, 0.717) is 19.1 Å². The third-order valence-electron chi connectivity index (χ3n) is 7.46. The number of aromatic nitrogens is 5. The van der Waals surface area contributed by atoms with Crippen LogP contribution in [0.5, 0.6) is 11.5 Å². The molecule has 37 heavy (non-hydrogen) atoms. The Bertz CT molecular complexity index is 1360. The molecule has 0 spiro atoms. The molecule has 1 saturated carbocycles. The van der Waals surface area contributed by atoms with Crippen molar-refractivity contribution in [1.29, 1.82) is 0 Å². The van der Waals surface area contributed by atoms with Crippen molar-refractivity contribution < 1.29 is 9.47 Å². The van der Waals surface area contributed by atoms with Crippen LogP contribution in [-0.2, 0) is 13.1 Å². The summed E-state index contributed by atoms with van der Waals surface area (Å²) in [6.07, 6.45) is 6.23. The number of benzene rings is 2. The van der Waals surface area contributed by atoms with Gasteiger partial charge in [0.2, 0.25) is 0 Å². The molecule has 0 bridgehead atoms. The monoisotopic (exact) mass is 500 g/mol. The molecular weight excluding hydrogens is 464 g/mol. The van der Waals surface area contributed by atoms with Gasteiger partial charge in [0.05, 0.1) is 20.8 Å². The van der Waals surface area contributed by atoms with Gasteiger partial charge in [-0.15, -0.1) is 5.10 Å². The molecular formula is C29H36N6O2. The number of hydrogen-bond acceptors (Lipinski definition) is 7. The second-order valence-corrected chi connectivity index (χ2v) is 10.8. The third kappa shape index (κ3) is 5.38. The average Bonchev–Trinajstić information content (AvgIpc) is 3.31. The summed E-state index contributed by atoms with van der Waals surface area (Å²) in [6.45, 7) is 8.06. The van der Waals surface area contributed by atoms with Gasteiger partial charge in [-0.25, -0.2) is 14.6 Å². The lowest BCUT2D eigenvalue weighted by Crippen LogP contribution is -2.41. The molecule has 2 aromatic carbocycles. The second-order valence-electron chi connectivity index (χ2n) is 10.8. The fourth-order valence-electron chi connectivity index (χ4n) is 5.43. The van der Waals surface area contributed by atoms with E-state index < -0.39 is 0 Å². The van der Waals surface area contributed by atoms with Gasteiger partial charge in [0.15, 0.2) is 17.0 Å². The van der Waals surface area contributed by atoms with Crippen molar-refractivity contribution in [2.75, 3.05) is 19.1 Å². The quantitative estimate of drug-likeness (QED) is 0.313. The van der Waals surface area contributed by atoms with Crippen LogP contribution in [0.3, 0.4) is 0 Å². The number of aryl methyl sites for hydroxylation is 1. The normalized spacial score (nSPS) is 17.1. The Morgan fingerprint density at radius 2 is 1.86 bits per heavy atom. The summed E-state index contributed by atoms with van der Waals surface area (Å²) in [5.74, 6) is 2.39. The van der Waals surface area contributed by atoms with Gasteiger partial charge in [-0.3, -0.25) is 0 Å². The minimum absolute atomic E-state index is 0.264. The molecule has 194 valence electrons. The van der Waals surface area contributed by atoms with Gasteiger partial charge >= 0.3 is 0 Å². The molecule has 8 heteroatoms. The zero-order chi connectivity index (χ0) is 26.0. The summed E-state index contributed by atoms with van der Waals surface area (Å²) < 4.78 is 13.0. The van der Waals surface area contributed by atoms with Crippen molar-refractivity contribution in [3.05, 3.63) is 65.5 Å². The first kappa shape index (κ1) is 25.0. The first-order valence-electron chi connectivity index (χ1n) is 12.9. The molecule has 5 rings (SSSR count). The van der Waals surface area contributed by atoms with Gasteiger partial charge in [0.25, 0.3) is 0 Å². The van der Waals surface area contributed by atoms with Gasteiger partial charge in [-0.1, -0.05) is 55.3 Å². The topological polar surface area (TPSA) is 78.2 Å². The molecule has 8 nitrogen and oxygen atoms in total. The Kier molecular flexibility index (Phi) is 7.00. The van der Waals surface area contributed by atoms with E-state index in [1.54, 1.807) is 20.5 Å². The Balaban J connectivity index is 1.55. The number of anilines is 1. The maximum Gasteiger partial charge on any atom is 0.184 e. The van der Waals surface area contributed by atoms with Crippen LogP contribution in [0.25, 0.3) is 11.2 Å². The molecule has 1 fully saturated rings. The summed E-state index contributed by atoms with van der Waals surface area (Å²) in [5.41, 5.74) is 5.20. The Labute approximate surface area is 218 Å². The Morgan fingerprint density at radius 3 is 2.59 bits per heavy atom. The molecule has 4 aromatic rings. The lowest BCUT2D eigenvalue weighted by atomic mass is 9.74. The molecule has 2 aromatic heterocycles. The zero-order valence-corrected chi connectivity index (χ0v) is 22.4. The average molecular weight is 501 g/mol. The lowest BCUT2D eigenvalue weighted by Gasteiger charge is -2.42. The van der Waals surface area contributed by atoms with Crippen molar-refractivity contribution in [1.82, 2.24) is 25.0 Å². The van der Waals surface area contributed by atoms with Crippen molar-refractivity contribution in [3.8, 4) is 11.5 Å². The summed E-state index contributed by atoms with van der Waals surface area (Å²) in [7, 11) is 3.37. The molecule has 0 aliphatic heterocycles. The van der Waals surface area contributed by atoms with Crippen molar-refractivity contribution in [2.45, 2.75) is 65.6 Å². The van der Waals surface area contributed by atoms with Crippen LogP contribution in [0.1, 0.15) is 56.2 Å². The number of fused-ring (bicyclic) bond motifs is 1.